The molecule has 1 heterocycles. The first kappa shape index (κ1) is 12.1. The van der Waals surface area contributed by atoms with Crippen molar-refractivity contribution < 1.29 is 4.74 Å². The Morgan fingerprint density at radius 1 is 1.38 bits per heavy atom. The molecule has 1 fully saturated rings. The zero-order chi connectivity index (χ0) is 11.5. The standard InChI is InChI=1S/C14H19BrO/c1-10-5-6-13(11(2)8-10)14(15)12-4-3-7-16-9-12/h5-6,8,12,14H,3-4,7,9H2,1-2H3. The van der Waals surface area contributed by atoms with Gasteiger partial charge in [-0.05, 0) is 43.7 Å². The number of halogens is 1. The highest BCUT2D eigenvalue weighted by atomic mass is 79.9. The summed E-state index contributed by atoms with van der Waals surface area (Å²) in [6.45, 7) is 6.16. The molecule has 1 aromatic carbocycles. The zero-order valence-electron chi connectivity index (χ0n) is 10.0. The second-order valence-corrected chi connectivity index (χ2v) is 5.73. The van der Waals surface area contributed by atoms with Crippen LogP contribution in [0.3, 0.4) is 0 Å². The molecule has 2 atom stereocenters. The summed E-state index contributed by atoms with van der Waals surface area (Å²) in [5.74, 6) is 0.621. The molecular weight excluding hydrogens is 264 g/mol. The highest BCUT2D eigenvalue weighted by molar-refractivity contribution is 9.09. The second-order valence-electron chi connectivity index (χ2n) is 4.74. The van der Waals surface area contributed by atoms with Crippen molar-refractivity contribution in [2.24, 2.45) is 5.92 Å². The van der Waals surface area contributed by atoms with E-state index >= 15 is 0 Å². The minimum Gasteiger partial charge on any atom is -0.381 e. The number of ether oxygens (including phenoxy) is 1. The third-order valence-electron chi connectivity index (χ3n) is 3.33. The lowest BCUT2D eigenvalue weighted by molar-refractivity contribution is 0.0545. The van der Waals surface area contributed by atoms with E-state index in [1.165, 1.54) is 29.5 Å². The van der Waals surface area contributed by atoms with E-state index in [1.54, 1.807) is 0 Å². The lowest BCUT2D eigenvalue weighted by Crippen LogP contribution is -2.21. The number of hydrogen-bond acceptors (Lipinski definition) is 1. The van der Waals surface area contributed by atoms with Gasteiger partial charge in [-0.15, -0.1) is 0 Å². The molecule has 0 bridgehead atoms. The van der Waals surface area contributed by atoms with E-state index in [4.69, 9.17) is 4.74 Å². The first-order chi connectivity index (χ1) is 7.68. The molecule has 1 saturated heterocycles. The van der Waals surface area contributed by atoms with Crippen molar-refractivity contribution in [3.05, 3.63) is 34.9 Å². The van der Waals surface area contributed by atoms with Crippen LogP contribution in [0, 0.1) is 19.8 Å². The first-order valence-electron chi connectivity index (χ1n) is 5.97. The van der Waals surface area contributed by atoms with E-state index in [0.717, 1.165) is 13.2 Å². The summed E-state index contributed by atoms with van der Waals surface area (Å²) in [6.07, 6.45) is 2.46. The van der Waals surface area contributed by atoms with Crippen molar-refractivity contribution in [3.8, 4) is 0 Å². The molecule has 1 nitrogen and oxygen atoms in total. The Kier molecular flexibility index (Phi) is 4.04. The van der Waals surface area contributed by atoms with E-state index in [1.807, 2.05) is 0 Å². The molecular formula is C14H19BrO. The fraction of sp³-hybridized carbons (Fsp3) is 0.571. The predicted octanol–water partition coefficient (Wildman–Crippen LogP) is 4.17. The highest BCUT2D eigenvalue weighted by Gasteiger charge is 2.24. The van der Waals surface area contributed by atoms with Crippen molar-refractivity contribution in [2.75, 3.05) is 13.2 Å². The molecule has 1 aromatic rings. The van der Waals surface area contributed by atoms with Crippen molar-refractivity contribution in [1.29, 1.82) is 0 Å². The lowest BCUT2D eigenvalue weighted by Gasteiger charge is -2.27. The predicted molar refractivity (Wildman–Crippen MR) is 71.1 cm³/mol. The monoisotopic (exact) mass is 282 g/mol. The van der Waals surface area contributed by atoms with Crippen molar-refractivity contribution >= 4 is 15.9 Å². The van der Waals surface area contributed by atoms with Crippen LogP contribution >= 0.6 is 15.9 Å². The van der Waals surface area contributed by atoms with Crippen LogP contribution in [0.15, 0.2) is 18.2 Å². The number of alkyl halides is 1. The van der Waals surface area contributed by atoms with Crippen LogP contribution in [0.1, 0.15) is 34.4 Å². The van der Waals surface area contributed by atoms with E-state index in [0.29, 0.717) is 10.7 Å². The maximum Gasteiger partial charge on any atom is 0.0508 e. The van der Waals surface area contributed by atoms with Crippen molar-refractivity contribution in [2.45, 2.75) is 31.5 Å². The van der Waals surface area contributed by atoms with Crippen LogP contribution in [0.5, 0.6) is 0 Å². The Bertz CT molecular complexity index is 356. The molecule has 0 amide bonds. The molecule has 2 rings (SSSR count). The minimum atomic E-state index is 0.438. The van der Waals surface area contributed by atoms with Gasteiger partial charge in [0.15, 0.2) is 0 Å². The number of hydrogen-bond donors (Lipinski definition) is 0. The van der Waals surface area contributed by atoms with Crippen LogP contribution in [0.4, 0.5) is 0 Å². The minimum absolute atomic E-state index is 0.438. The topological polar surface area (TPSA) is 9.23 Å². The normalized spacial score (nSPS) is 23.1. The number of benzene rings is 1. The van der Waals surface area contributed by atoms with Crippen LogP contribution in [0.2, 0.25) is 0 Å². The van der Waals surface area contributed by atoms with Crippen LogP contribution in [-0.4, -0.2) is 13.2 Å². The third kappa shape index (κ3) is 2.67. The summed E-state index contributed by atoms with van der Waals surface area (Å²) in [5.41, 5.74) is 4.13. The van der Waals surface area contributed by atoms with Crippen LogP contribution in [-0.2, 0) is 4.74 Å². The Morgan fingerprint density at radius 3 is 2.81 bits per heavy atom. The van der Waals surface area contributed by atoms with Gasteiger partial charge in [-0.1, -0.05) is 39.7 Å². The van der Waals surface area contributed by atoms with Gasteiger partial charge in [-0.25, -0.2) is 0 Å². The van der Waals surface area contributed by atoms with E-state index in [2.05, 4.69) is 48.0 Å². The Labute approximate surface area is 106 Å². The SMILES string of the molecule is Cc1ccc(C(Br)C2CCCOC2)c(C)c1. The molecule has 0 N–H and O–H groups in total. The average molecular weight is 283 g/mol. The van der Waals surface area contributed by atoms with Crippen LogP contribution < -0.4 is 0 Å². The highest BCUT2D eigenvalue weighted by Crippen LogP contribution is 2.37. The Morgan fingerprint density at radius 2 is 2.19 bits per heavy atom. The number of aryl methyl sites for hydroxylation is 2. The van der Waals surface area contributed by atoms with Gasteiger partial charge in [-0.2, -0.15) is 0 Å². The molecule has 0 aromatic heterocycles. The molecule has 0 saturated carbocycles. The maximum atomic E-state index is 5.56. The van der Waals surface area contributed by atoms with Gasteiger partial charge in [0, 0.05) is 11.4 Å². The van der Waals surface area contributed by atoms with Gasteiger partial charge in [-0.3, -0.25) is 0 Å². The first-order valence-corrected chi connectivity index (χ1v) is 6.89. The maximum absolute atomic E-state index is 5.56. The van der Waals surface area contributed by atoms with Gasteiger partial charge in [0.25, 0.3) is 0 Å². The molecule has 1 aliphatic heterocycles. The number of rotatable bonds is 2. The molecule has 16 heavy (non-hydrogen) atoms. The van der Waals surface area contributed by atoms with E-state index in [9.17, 15) is 0 Å². The average Bonchev–Trinajstić information content (AvgIpc) is 2.29. The quantitative estimate of drug-likeness (QED) is 0.740. The summed E-state index contributed by atoms with van der Waals surface area (Å²) < 4.78 is 5.56. The molecule has 0 radical (unpaired) electrons. The Balaban J connectivity index is 2.15. The largest absolute Gasteiger partial charge is 0.381 e. The van der Waals surface area contributed by atoms with Gasteiger partial charge < -0.3 is 4.74 Å². The molecule has 2 unspecified atom stereocenters. The summed E-state index contributed by atoms with van der Waals surface area (Å²) in [7, 11) is 0. The summed E-state index contributed by atoms with van der Waals surface area (Å²) in [4.78, 5) is 0.438. The van der Waals surface area contributed by atoms with Gasteiger partial charge >= 0.3 is 0 Å². The lowest BCUT2D eigenvalue weighted by atomic mass is 9.91. The fourth-order valence-corrected chi connectivity index (χ4v) is 3.32. The van der Waals surface area contributed by atoms with Gasteiger partial charge in [0.05, 0.1) is 6.61 Å². The van der Waals surface area contributed by atoms with Crippen molar-refractivity contribution in [3.63, 3.8) is 0 Å². The molecule has 0 spiro atoms. The third-order valence-corrected chi connectivity index (χ3v) is 4.57. The van der Waals surface area contributed by atoms with Crippen LogP contribution in [0.25, 0.3) is 0 Å². The van der Waals surface area contributed by atoms with Crippen molar-refractivity contribution in [1.82, 2.24) is 0 Å². The fourth-order valence-electron chi connectivity index (χ4n) is 2.39. The van der Waals surface area contributed by atoms with E-state index < -0.39 is 0 Å². The zero-order valence-corrected chi connectivity index (χ0v) is 11.6. The molecule has 2 heteroatoms. The van der Waals surface area contributed by atoms with Gasteiger partial charge in [0.1, 0.15) is 0 Å². The summed E-state index contributed by atoms with van der Waals surface area (Å²) >= 11 is 3.84. The summed E-state index contributed by atoms with van der Waals surface area (Å²) in [5, 5.41) is 0. The Hall–Kier alpha value is -0.340. The van der Waals surface area contributed by atoms with E-state index in [-0.39, 0.29) is 0 Å². The molecule has 88 valence electrons. The summed E-state index contributed by atoms with van der Waals surface area (Å²) in [6, 6.07) is 6.70. The molecule has 1 aliphatic rings. The second kappa shape index (κ2) is 5.33. The smallest absolute Gasteiger partial charge is 0.0508 e. The molecule has 0 aliphatic carbocycles. The van der Waals surface area contributed by atoms with Gasteiger partial charge in [0.2, 0.25) is 0 Å².